The van der Waals surface area contributed by atoms with Gasteiger partial charge in [-0.3, -0.25) is 4.79 Å². The van der Waals surface area contributed by atoms with Crippen LogP contribution in [0.2, 0.25) is 0 Å². The van der Waals surface area contributed by atoms with Crippen molar-refractivity contribution < 1.29 is 9.53 Å². The highest BCUT2D eigenvalue weighted by Crippen LogP contribution is 2.40. The van der Waals surface area contributed by atoms with E-state index in [9.17, 15) is 4.79 Å². The smallest absolute Gasteiger partial charge is 0.315 e. The van der Waals surface area contributed by atoms with Crippen molar-refractivity contribution >= 4 is 17.3 Å². The van der Waals surface area contributed by atoms with Gasteiger partial charge in [0.1, 0.15) is 10.9 Å². The summed E-state index contributed by atoms with van der Waals surface area (Å²) in [7, 11) is 0. The molecule has 1 aromatic heterocycles. The van der Waals surface area contributed by atoms with Crippen LogP contribution in [0, 0.1) is 13.8 Å². The number of fused-ring (bicyclic) bond motifs is 1. The van der Waals surface area contributed by atoms with E-state index in [-0.39, 0.29) is 11.9 Å². The standard InChI is InChI=1S/C17H19NO2S/c1-4-20-17(19)13-5-6-14-15(13)18-16(21-14)12-8-10(2)7-11(3)9-12/h7-9,13H,4-6H2,1-3H3. The summed E-state index contributed by atoms with van der Waals surface area (Å²) in [5.74, 6) is -0.302. The molecule has 2 aromatic rings. The van der Waals surface area contributed by atoms with Gasteiger partial charge < -0.3 is 4.74 Å². The van der Waals surface area contributed by atoms with E-state index < -0.39 is 0 Å². The minimum atomic E-state index is -0.171. The van der Waals surface area contributed by atoms with E-state index in [1.807, 2.05) is 6.92 Å². The van der Waals surface area contributed by atoms with Gasteiger partial charge in [-0.1, -0.05) is 17.2 Å². The number of aryl methyl sites for hydroxylation is 3. The maximum absolute atomic E-state index is 12.0. The van der Waals surface area contributed by atoms with Gasteiger partial charge in [-0.15, -0.1) is 11.3 Å². The van der Waals surface area contributed by atoms with Crippen LogP contribution in [0.1, 0.15) is 41.0 Å². The van der Waals surface area contributed by atoms with Crippen molar-refractivity contribution in [1.29, 1.82) is 0 Å². The van der Waals surface area contributed by atoms with Crippen molar-refractivity contribution in [1.82, 2.24) is 4.98 Å². The molecule has 1 atom stereocenters. The Labute approximate surface area is 129 Å². The van der Waals surface area contributed by atoms with Crippen molar-refractivity contribution in [3.05, 3.63) is 39.9 Å². The molecule has 0 radical (unpaired) electrons. The Balaban J connectivity index is 1.94. The van der Waals surface area contributed by atoms with Crippen LogP contribution in [0.5, 0.6) is 0 Å². The number of benzene rings is 1. The number of rotatable bonds is 3. The molecule has 0 amide bonds. The molecule has 1 aliphatic carbocycles. The van der Waals surface area contributed by atoms with Gasteiger partial charge in [-0.2, -0.15) is 0 Å². The van der Waals surface area contributed by atoms with Crippen molar-refractivity contribution in [3.63, 3.8) is 0 Å². The SMILES string of the molecule is CCOC(=O)C1CCc2sc(-c3cc(C)cc(C)c3)nc21. The molecular weight excluding hydrogens is 282 g/mol. The first kappa shape index (κ1) is 14.3. The molecule has 1 unspecified atom stereocenters. The number of hydrogen-bond acceptors (Lipinski definition) is 4. The molecule has 0 N–H and O–H groups in total. The molecule has 0 saturated heterocycles. The Bertz CT molecular complexity index is 670. The van der Waals surface area contributed by atoms with E-state index in [0.717, 1.165) is 29.1 Å². The normalized spacial score (nSPS) is 16.8. The van der Waals surface area contributed by atoms with Crippen LogP contribution >= 0.6 is 11.3 Å². The van der Waals surface area contributed by atoms with Crippen molar-refractivity contribution in [2.45, 2.75) is 39.5 Å². The molecule has 1 aliphatic rings. The van der Waals surface area contributed by atoms with Gasteiger partial charge in [0.2, 0.25) is 0 Å². The van der Waals surface area contributed by atoms with Gasteiger partial charge in [0.05, 0.1) is 12.3 Å². The zero-order chi connectivity index (χ0) is 15.0. The van der Waals surface area contributed by atoms with Gasteiger partial charge in [0.15, 0.2) is 0 Å². The third-order valence-corrected chi connectivity index (χ3v) is 4.94. The molecule has 1 aromatic carbocycles. The Hall–Kier alpha value is -1.68. The van der Waals surface area contributed by atoms with Crippen molar-refractivity contribution in [2.75, 3.05) is 6.61 Å². The van der Waals surface area contributed by atoms with Gasteiger partial charge in [-0.25, -0.2) is 4.98 Å². The van der Waals surface area contributed by atoms with E-state index in [1.165, 1.54) is 16.0 Å². The predicted molar refractivity (Wildman–Crippen MR) is 84.7 cm³/mol. The molecule has 1 heterocycles. The minimum Gasteiger partial charge on any atom is -0.465 e. The lowest BCUT2D eigenvalue weighted by Crippen LogP contribution is -2.14. The lowest BCUT2D eigenvalue weighted by molar-refractivity contribution is -0.145. The number of hydrogen-bond donors (Lipinski definition) is 0. The zero-order valence-corrected chi connectivity index (χ0v) is 13.4. The second-order valence-corrected chi connectivity index (χ2v) is 6.63. The van der Waals surface area contributed by atoms with Crippen LogP contribution in [0.25, 0.3) is 10.6 Å². The molecule has 0 spiro atoms. The second kappa shape index (κ2) is 5.60. The average molecular weight is 301 g/mol. The molecule has 4 heteroatoms. The number of nitrogens with zero attached hydrogens (tertiary/aromatic N) is 1. The number of thiazole rings is 1. The number of carbonyl (C=O) groups excluding carboxylic acids is 1. The lowest BCUT2D eigenvalue weighted by atomic mass is 10.1. The highest BCUT2D eigenvalue weighted by molar-refractivity contribution is 7.15. The molecular formula is C17H19NO2S. The number of carbonyl (C=O) groups is 1. The summed E-state index contributed by atoms with van der Waals surface area (Å²) in [5, 5.41) is 1.01. The molecule has 0 bridgehead atoms. The Morgan fingerprint density at radius 2 is 2.05 bits per heavy atom. The Morgan fingerprint density at radius 3 is 2.71 bits per heavy atom. The summed E-state index contributed by atoms with van der Waals surface area (Å²) in [6, 6.07) is 6.47. The fourth-order valence-electron chi connectivity index (χ4n) is 2.92. The maximum Gasteiger partial charge on any atom is 0.315 e. The number of ether oxygens (including phenoxy) is 1. The predicted octanol–water partition coefficient (Wildman–Crippen LogP) is 4.02. The fraction of sp³-hybridized carbons (Fsp3) is 0.412. The topological polar surface area (TPSA) is 39.2 Å². The quantitative estimate of drug-likeness (QED) is 0.804. The van der Waals surface area contributed by atoms with Gasteiger partial charge in [-0.05, 0) is 45.7 Å². The van der Waals surface area contributed by atoms with E-state index in [1.54, 1.807) is 11.3 Å². The summed E-state index contributed by atoms with van der Waals surface area (Å²) >= 11 is 1.71. The summed E-state index contributed by atoms with van der Waals surface area (Å²) in [6.45, 7) is 6.47. The van der Waals surface area contributed by atoms with E-state index in [4.69, 9.17) is 9.72 Å². The van der Waals surface area contributed by atoms with Gasteiger partial charge >= 0.3 is 5.97 Å². The van der Waals surface area contributed by atoms with E-state index in [0.29, 0.717) is 6.61 Å². The summed E-state index contributed by atoms with van der Waals surface area (Å²) < 4.78 is 5.16. The van der Waals surface area contributed by atoms with Crippen LogP contribution in [0.15, 0.2) is 18.2 Å². The third-order valence-electron chi connectivity index (χ3n) is 3.76. The summed E-state index contributed by atoms with van der Waals surface area (Å²) in [6.07, 6.45) is 1.77. The van der Waals surface area contributed by atoms with E-state index >= 15 is 0 Å². The minimum absolute atomic E-state index is 0.131. The molecule has 21 heavy (non-hydrogen) atoms. The molecule has 110 valence electrons. The Morgan fingerprint density at radius 1 is 1.33 bits per heavy atom. The van der Waals surface area contributed by atoms with Crippen molar-refractivity contribution in [3.8, 4) is 10.6 Å². The fourth-order valence-corrected chi connectivity index (χ4v) is 4.05. The van der Waals surface area contributed by atoms with E-state index in [2.05, 4.69) is 32.0 Å². The number of aromatic nitrogens is 1. The highest BCUT2D eigenvalue weighted by Gasteiger charge is 2.33. The molecule has 0 saturated carbocycles. The van der Waals surface area contributed by atoms with Crippen LogP contribution < -0.4 is 0 Å². The van der Waals surface area contributed by atoms with Crippen LogP contribution in [-0.4, -0.2) is 17.6 Å². The molecule has 0 aliphatic heterocycles. The summed E-state index contributed by atoms with van der Waals surface area (Å²) in [4.78, 5) is 18.0. The molecule has 3 rings (SSSR count). The highest BCUT2D eigenvalue weighted by atomic mass is 32.1. The Kier molecular flexibility index (Phi) is 3.81. The van der Waals surface area contributed by atoms with Crippen LogP contribution in [0.3, 0.4) is 0 Å². The zero-order valence-electron chi connectivity index (χ0n) is 12.6. The number of esters is 1. The van der Waals surface area contributed by atoms with Crippen molar-refractivity contribution in [2.24, 2.45) is 0 Å². The average Bonchev–Trinajstić information content (AvgIpc) is 2.96. The second-order valence-electron chi connectivity index (χ2n) is 5.55. The molecule has 3 nitrogen and oxygen atoms in total. The largest absolute Gasteiger partial charge is 0.465 e. The first-order valence-corrected chi connectivity index (χ1v) is 8.15. The first-order valence-electron chi connectivity index (χ1n) is 7.33. The van der Waals surface area contributed by atoms with Gasteiger partial charge in [0, 0.05) is 10.4 Å². The van der Waals surface area contributed by atoms with Gasteiger partial charge in [0.25, 0.3) is 0 Å². The first-order chi connectivity index (χ1) is 10.1. The lowest BCUT2D eigenvalue weighted by Gasteiger charge is -2.08. The van der Waals surface area contributed by atoms with Crippen LogP contribution in [-0.2, 0) is 16.0 Å². The monoisotopic (exact) mass is 301 g/mol. The summed E-state index contributed by atoms with van der Waals surface area (Å²) in [5.41, 5.74) is 4.56. The third kappa shape index (κ3) is 2.72. The molecule has 0 fully saturated rings. The van der Waals surface area contributed by atoms with Crippen LogP contribution in [0.4, 0.5) is 0 Å². The maximum atomic E-state index is 12.0.